The van der Waals surface area contributed by atoms with Gasteiger partial charge < -0.3 is 15.1 Å². The number of carbonyl (C=O) groups excluding carboxylic acids is 1. The number of anilines is 2. The molecule has 5 heteroatoms. The molecule has 1 saturated carbocycles. The SMILES string of the molecule is CC(=O)N1CCN(c2cc(C(C)(C)C)cc(NC3CCC3)n2)CC1. The van der Waals surface area contributed by atoms with Crippen LogP contribution in [0.4, 0.5) is 11.6 Å². The zero-order valence-corrected chi connectivity index (χ0v) is 15.4. The molecule has 0 bridgehead atoms. The third-order valence-corrected chi connectivity index (χ3v) is 5.18. The van der Waals surface area contributed by atoms with Gasteiger partial charge in [-0.15, -0.1) is 0 Å². The van der Waals surface area contributed by atoms with Gasteiger partial charge in [0.05, 0.1) is 0 Å². The van der Waals surface area contributed by atoms with Crippen LogP contribution in [-0.2, 0) is 10.2 Å². The van der Waals surface area contributed by atoms with E-state index in [2.05, 4.69) is 43.1 Å². The second-order valence-corrected chi connectivity index (χ2v) is 8.11. The Morgan fingerprint density at radius 3 is 2.33 bits per heavy atom. The van der Waals surface area contributed by atoms with Gasteiger partial charge >= 0.3 is 0 Å². The molecule has 1 aromatic rings. The summed E-state index contributed by atoms with van der Waals surface area (Å²) in [6.07, 6.45) is 3.80. The van der Waals surface area contributed by atoms with Crippen LogP contribution in [0.2, 0.25) is 0 Å². The summed E-state index contributed by atoms with van der Waals surface area (Å²) >= 11 is 0. The Morgan fingerprint density at radius 1 is 1.17 bits per heavy atom. The lowest BCUT2D eigenvalue weighted by molar-refractivity contribution is -0.129. The molecule has 2 fully saturated rings. The molecular weight excluding hydrogens is 300 g/mol. The van der Waals surface area contributed by atoms with Gasteiger partial charge in [-0.3, -0.25) is 4.79 Å². The van der Waals surface area contributed by atoms with Gasteiger partial charge in [0.1, 0.15) is 11.6 Å². The van der Waals surface area contributed by atoms with Gasteiger partial charge in [0.15, 0.2) is 0 Å². The van der Waals surface area contributed by atoms with Crippen molar-refractivity contribution in [3.05, 3.63) is 17.7 Å². The van der Waals surface area contributed by atoms with Crippen molar-refractivity contribution in [2.24, 2.45) is 0 Å². The summed E-state index contributed by atoms with van der Waals surface area (Å²) in [6, 6.07) is 5.00. The Hall–Kier alpha value is -1.78. The molecule has 1 aliphatic heterocycles. The molecule has 1 saturated heterocycles. The first-order valence-corrected chi connectivity index (χ1v) is 9.12. The molecule has 3 rings (SSSR count). The Bertz CT molecular complexity index is 596. The summed E-state index contributed by atoms with van der Waals surface area (Å²) in [5.74, 6) is 2.20. The topological polar surface area (TPSA) is 48.5 Å². The number of pyridine rings is 1. The van der Waals surface area contributed by atoms with Crippen molar-refractivity contribution in [1.29, 1.82) is 0 Å². The standard InChI is InChI=1S/C19H30N4O/c1-14(24)22-8-10-23(11-9-22)18-13-15(19(2,3)4)12-17(21-18)20-16-6-5-7-16/h12-13,16H,5-11H2,1-4H3,(H,20,21). The molecule has 0 spiro atoms. The second kappa shape index (κ2) is 6.61. The largest absolute Gasteiger partial charge is 0.367 e. The van der Waals surface area contributed by atoms with Crippen LogP contribution in [-0.4, -0.2) is 48.0 Å². The number of amides is 1. The number of nitrogens with zero attached hydrogens (tertiary/aromatic N) is 3. The lowest BCUT2D eigenvalue weighted by Gasteiger charge is -2.36. The summed E-state index contributed by atoms with van der Waals surface area (Å²) < 4.78 is 0. The number of hydrogen-bond donors (Lipinski definition) is 1. The Morgan fingerprint density at radius 2 is 1.83 bits per heavy atom. The van der Waals surface area contributed by atoms with Gasteiger partial charge in [0.2, 0.25) is 5.91 Å². The molecule has 1 aromatic heterocycles. The first kappa shape index (κ1) is 17.1. The lowest BCUT2D eigenvalue weighted by Crippen LogP contribution is -2.48. The summed E-state index contributed by atoms with van der Waals surface area (Å²) in [4.78, 5) is 20.6. The summed E-state index contributed by atoms with van der Waals surface area (Å²) in [5, 5.41) is 3.60. The van der Waals surface area contributed by atoms with Gasteiger partial charge in [-0.1, -0.05) is 20.8 Å². The number of hydrogen-bond acceptors (Lipinski definition) is 4. The van der Waals surface area contributed by atoms with Crippen LogP contribution in [0.15, 0.2) is 12.1 Å². The highest BCUT2D eigenvalue weighted by Crippen LogP contribution is 2.30. The number of aromatic nitrogens is 1. The zero-order chi connectivity index (χ0) is 17.3. The molecular formula is C19H30N4O. The highest BCUT2D eigenvalue weighted by Gasteiger charge is 2.24. The van der Waals surface area contributed by atoms with E-state index in [1.165, 1.54) is 24.8 Å². The Labute approximate surface area is 145 Å². The van der Waals surface area contributed by atoms with Gasteiger partial charge in [0, 0.05) is 39.1 Å². The van der Waals surface area contributed by atoms with Crippen molar-refractivity contribution in [3.63, 3.8) is 0 Å². The van der Waals surface area contributed by atoms with Crippen LogP contribution in [0.3, 0.4) is 0 Å². The molecule has 2 aliphatic rings. The van der Waals surface area contributed by atoms with Crippen molar-refractivity contribution >= 4 is 17.5 Å². The van der Waals surface area contributed by atoms with Crippen molar-refractivity contribution in [2.45, 2.75) is 58.4 Å². The molecule has 24 heavy (non-hydrogen) atoms. The highest BCUT2D eigenvalue weighted by atomic mass is 16.2. The van der Waals surface area contributed by atoms with Gasteiger partial charge in [-0.25, -0.2) is 4.98 Å². The normalized spacial score (nSPS) is 19.2. The van der Waals surface area contributed by atoms with Crippen LogP contribution >= 0.6 is 0 Å². The molecule has 1 N–H and O–H groups in total. The van der Waals surface area contributed by atoms with Crippen molar-refractivity contribution in [1.82, 2.24) is 9.88 Å². The Kier molecular flexibility index (Phi) is 4.70. The number of carbonyl (C=O) groups is 1. The molecule has 0 unspecified atom stereocenters. The van der Waals surface area contributed by atoms with Gasteiger partial charge in [-0.2, -0.15) is 0 Å². The minimum atomic E-state index is 0.0922. The average Bonchev–Trinajstić information content (AvgIpc) is 2.50. The molecule has 0 radical (unpaired) electrons. The quantitative estimate of drug-likeness (QED) is 0.925. The fraction of sp³-hybridized carbons (Fsp3) is 0.684. The first-order valence-electron chi connectivity index (χ1n) is 9.12. The zero-order valence-electron chi connectivity index (χ0n) is 15.4. The molecule has 0 aromatic carbocycles. The Balaban J connectivity index is 1.80. The maximum absolute atomic E-state index is 11.5. The molecule has 5 nitrogen and oxygen atoms in total. The number of nitrogens with one attached hydrogen (secondary N) is 1. The molecule has 2 heterocycles. The molecule has 0 atom stereocenters. The van der Waals surface area contributed by atoms with E-state index in [1.54, 1.807) is 6.92 Å². The van der Waals surface area contributed by atoms with Crippen molar-refractivity contribution < 1.29 is 4.79 Å². The van der Waals surface area contributed by atoms with E-state index in [-0.39, 0.29) is 11.3 Å². The van der Waals surface area contributed by atoms with Crippen LogP contribution in [0.5, 0.6) is 0 Å². The third-order valence-electron chi connectivity index (χ3n) is 5.18. The van der Waals surface area contributed by atoms with Crippen LogP contribution in [0.25, 0.3) is 0 Å². The van der Waals surface area contributed by atoms with E-state index in [0.29, 0.717) is 6.04 Å². The molecule has 1 aliphatic carbocycles. The lowest BCUT2D eigenvalue weighted by atomic mass is 9.87. The fourth-order valence-corrected chi connectivity index (χ4v) is 3.20. The minimum absolute atomic E-state index is 0.0922. The van der Waals surface area contributed by atoms with E-state index >= 15 is 0 Å². The van der Waals surface area contributed by atoms with Crippen molar-refractivity contribution in [3.8, 4) is 0 Å². The van der Waals surface area contributed by atoms with E-state index in [4.69, 9.17) is 4.98 Å². The maximum atomic E-state index is 11.5. The minimum Gasteiger partial charge on any atom is -0.367 e. The smallest absolute Gasteiger partial charge is 0.219 e. The van der Waals surface area contributed by atoms with E-state index in [9.17, 15) is 4.79 Å². The molecule has 132 valence electrons. The fourth-order valence-electron chi connectivity index (χ4n) is 3.20. The van der Waals surface area contributed by atoms with Crippen LogP contribution in [0, 0.1) is 0 Å². The number of rotatable bonds is 3. The van der Waals surface area contributed by atoms with Gasteiger partial charge in [0.25, 0.3) is 0 Å². The van der Waals surface area contributed by atoms with Crippen LogP contribution in [0.1, 0.15) is 52.5 Å². The third kappa shape index (κ3) is 3.82. The van der Waals surface area contributed by atoms with Gasteiger partial charge in [-0.05, 0) is 42.4 Å². The second-order valence-electron chi connectivity index (χ2n) is 8.11. The first-order chi connectivity index (χ1) is 11.3. The van der Waals surface area contributed by atoms with E-state index in [0.717, 1.165) is 37.8 Å². The maximum Gasteiger partial charge on any atom is 0.219 e. The monoisotopic (exact) mass is 330 g/mol. The highest BCUT2D eigenvalue weighted by molar-refractivity contribution is 5.73. The van der Waals surface area contributed by atoms with Crippen molar-refractivity contribution in [2.75, 3.05) is 36.4 Å². The summed E-state index contributed by atoms with van der Waals surface area (Å²) in [5.41, 5.74) is 1.40. The molecule has 1 amide bonds. The predicted octanol–water partition coefficient (Wildman–Crippen LogP) is 3.01. The predicted molar refractivity (Wildman–Crippen MR) is 98.7 cm³/mol. The summed E-state index contributed by atoms with van der Waals surface area (Å²) in [6.45, 7) is 11.6. The van der Waals surface area contributed by atoms with E-state index in [1.807, 2.05) is 4.90 Å². The van der Waals surface area contributed by atoms with Crippen LogP contribution < -0.4 is 10.2 Å². The summed E-state index contributed by atoms with van der Waals surface area (Å²) in [7, 11) is 0. The van der Waals surface area contributed by atoms with E-state index < -0.39 is 0 Å². The average molecular weight is 330 g/mol. The number of piperazine rings is 1.